The average molecular weight is 599 g/mol. The fourth-order valence-corrected chi connectivity index (χ4v) is 5.01. The number of carbonyl (C=O) groups is 3. The van der Waals surface area contributed by atoms with Crippen LogP contribution in [0.4, 0.5) is 0 Å². The van der Waals surface area contributed by atoms with Crippen LogP contribution < -0.4 is 20.8 Å². The van der Waals surface area contributed by atoms with E-state index in [9.17, 15) is 34.5 Å². The van der Waals surface area contributed by atoms with Crippen molar-refractivity contribution in [1.82, 2.24) is 0 Å². The molecule has 3 rings (SSSR count). The number of carbonyl (C=O) groups excluding carboxylic acids is 1. The predicted octanol–water partition coefficient (Wildman–Crippen LogP) is 3.26. The fraction of sp³-hybridized carbons (Fsp3) is 0.387. The number of aromatic hydroxyl groups is 1. The highest BCUT2D eigenvalue weighted by Gasteiger charge is 2.30. The number of thiocarbonyl (C=S) groups is 1. The van der Waals surface area contributed by atoms with Gasteiger partial charge in [0.1, 0.15) is 16.9 Å². The number of aromatic carboxylic acids is 1. The molecule has 1 heterocycles. The first-order chi connectivity index (χ1) is 20.0. The van der Waals surface area contributed by atoms with Gasteiger partial charge in [-0.2, -0.15) is 0 Å². The number of phenols is 1. The Bertz CT molecular complexity index is 1580. The highest BCUT2D eigenvalue weighted by Crippen LogP contribution is 2.33. The maximum atomic E-state index is 13.5. The quantitative estimate of drug-likeness (QED) is 0.103. The maximum Gasteiger partial charge on any atom is 0.372 e. The first-order valence-electron chi connectivity index (χ1n) is 13.7. The van der Waals surface area contributed by atoms with Gasteiger partial charge in [0, 0.05) is 29.2 Å². The SMILES string of the molecule is CCCc1c(OCC/C=C\C(c2c(C(=O)O)oc3c(c2=O)=CCC(=S)C=3)C(O)CCCC(=O)O)ccc(C(C)=O)c1O. The number of fused-ring (bicyclic) bond motifs is 1. The van der Waals surface area contributed by atoms with E-state index in [0.29, 0.717) is 35.4 Å². The Labute approximate surface area is 247 Å². The largest absolute Gasteiger partial charge is 0.507 e. The predicted molar refractivity (Wildman–Crippen MR) is 159 cm³/mol. The Morgan fingerprint density at radius 1 is 1.21 bits per heavy atom. The van der Waals surface area contributed by atoms with Crippen LogP contribution in [0.2, 0.25) is 0 Å². The van der Waals surface area contributed by atoms with Crippen LogP contribution in [0.15, 0.2) is 33.5 Å². The summed E-state index contributed by atoms with van der Waals surface area (Å²) in [5.74, 6) is -4.23. The fourth-order valence-electron chi connectivity index (χ4n) is 4.82. The molecule has 1 aliphatic rings. The molecular weight excluding hydrogens is 564 g/mol. The lowest BCUT2D eigenvalue weighted by Crippen LogP contribution is -2.45. The molecule has 0 aliphatic heterocycles. The number of carboxylic acid groups (broad SMARTS) is 2. The summed E-state index contributed by atoms with van der Waals surface area (Å²) < 4.78 is 11.5. The zero-order valence-electron chi connectivity index (χ0n) is 23.4. The van der Waals surface area contributed by atoms with Crippen LogP contribution in [0.5, 0.6) is 11.5 Å². The van der Waals surface area contributed by atoms with Gasteiger partial charge in [0.25, 0.3) is 0 Å². The van der Waals surface area contributed by atoms with Crippen LogP contribution >= 0.6 is 12.2 Å². The van der Waals surface area contributed by atoms with Gasteiger partial charge in [-0.1, -0.05) is 43.8 Å². The Hall–Kier alpha value is -4.09. The van der Waals surface area contributed by atoms with Crippen LogP contribution in [-0.4, -0.2) is 55.7 Å². The third-order valence-corrected chi connectivity index (χ3v) is 7.13. The molecule has 0 fully saturated rings. The molecule has 0 saturated heterocycles. The molecule has 0 bridgehead atoms. The van der Waals surface area contributed by atoms with Gasteiger partial charge in [0.05, 0.1) is 29.1 Å². The molecule has 2 aromatic rings. The number of Topliss-reactive ketones (excluding diaryl/α,β-unsaturated/α-hetero) is 1. The normalized spacial score (nSPS) is 14.0. The van der Waals surface area contributed by atoms with Gasteiger partial charge in [-0.3, -0.25) is 14.4 Å². The molecular formula is C31H34O10S. The number of aliphatic hydroxyl groups is 1. The molecule has 0 spiro atoms. The van der Waals surface area contributed by atoms with Crippen LogP contribution in [-0.2, 0) is 11.2 Å². The molecule has 2 atom stereocenters. The molecule has 10 nitrogen and oxygen atoms in total. The highest BCUT2D eigenvalue weighted by atomic mass is 32.1. The first-order valence-corrected chi connectivity index (χ1v) is 14.1. The van der Waals surface area contributed by atoms with E-state index in [0.717, 1.165) is 0 Å². The minimum atomic E-state index is -1.49. The molecule has 2 unspecified atom stereocenters. The van der Waals surface area contributed by atoms with Crippen molar-refractivity contribution < 1.29 is 44.0 Å². The van der Waals surface area contributed by atoms with E-state index in [4.69, 9.17) is 26.5 Å². The van der Waals surface area contributed by atoms with Gasteiger partial charge in [0.2, 0.25) is 5.76 Å². The average Bonchev–Trinajstić information content (AvgIpc) is 2.92. The third-order valence-electron chi connectivity index (χ3n) is 6.85. The second-order valence-corrected chi connectivity index (χ2v) is 10.5. The van der Waals surface area contributed by atoms with Crippen molar-refractivity contribution in [3.05, 3.63) is 67.6 Å². The second-order valence-electron chi connectivity index (χ2n) is 9.96. The van der Waals surface area contributed by atoms with Crippen molar-refractivity contribution in [3.63, 3.8) is 0 Å². The molecule has 0 saturated carbocycles. The summed E-state index contributed by atoms with van der Waals surface area (Å²) in [6.07, 6.45) is 6.54. The minimum absolute atomic E-state index is 0.00450. The van der Waals surface area contributed by atoms with Gasteiger partial charge in [0.15, 0.2) is 11.2 Å². The van der Waals surface area contributed by atoms with Crippen molar-refractivity contribution in [2.24, 2.45) is 0 Å². The molecule has 11 heteroatoms. The van der Waals surface area contributed by atoms with E-state index in [1.165, 1.54) is 25.1 Å². The number of ether oxygens (including phenoxy) is 1. The lowest BCUT2D eigenvalue weighted by Gasteiger charge is -2.21. The Kier molecular flexibility index (Phi) is 11.3. The van der Waals surface area contributed by atoms with Gasteiger partial charge in [-0.05, 0) is 50.8 Å². The van der Waals surface area contributed by atoms with Crippen molar-refractivity contribution >= 4 is 47.0 Å². The second kappa shape index (κ2) is 14.7. The van der Waals surface area contributed by atoms with E-state index in [1.807, 2.05) is 6.92 Å². The molecule has 0 radical (unpaired) electrons. The van der Waals surface area contributed by atoms with Crippen molar-refractivity contribution in [2.75, 3.05) is 6.61 Å². The van der Waals surface area contributed by atoms with Crippen molar-refractivity contribution in [3.8, 4) is 11.5 Å². The number of aliphatic hydroxyl groups excluding tert-OH is 1. The van der Waals surface area contributed by atoms with Crippen LogP contribution in [0, 0.1) is 0 Å². The molecule has 42 heavy (non-hydrogen) atoms. The van der Waals surface area contributed by atoms with E-state index in [2.05, 4.69) is 0 Å². The molecule has 4 N–H and O–H groups in total. The maximum absolute atomic E-state index is 13.5. The lowest BCUT2D eigenvalue weighted by molar-refractivity contribution is -0.137. The number of carboxylic acids is 2. The summed E-state index contributed by atoms with van der Waals surface area (Å²) in [5, 5.41) is 40.6. The number of rotatable bonds is 15. The van der Waals surface area contributed by atoms with E-state index in [1.54, 1.807) is 18.2 Å². The minimum Gasteiger partial charge on any atom is -0.507 e. The van der Waals surface area contributed by atoms with Crippen molar-refractivity contribution in [1.29, 1.82) is 0 Å². The van der Waals surface area contributed by atoms with Gasteiger partial charge < -0.3 is 29.6 Å². The summed E-state index contributed by atoms with van der Waals surface area (Å²) >= 11 is 5.16. The first kappa shape index (κ1) is 32.4. The van der Waals surface area contributed by atoms with Crippen LogP contribution in [0.1, 0.15) is 90.3 Å². The Morgan fingerprint density at radius 3 is 2.60 bits per heavy atom. The third kappa shape index (κ3) is 7.80. The zero-order chi connectivity index (χ0) is 31.0. The molecule has 1 aromatic heterocycles. The lowest BCUT2D eigenvalue weighted by atomic mass is 9.88. The van der Waals surface area contributed by atoms with Gasteiger partial charge >= 0.3 is 11.9 Å². The zero-order valence-corrected chi connectivity index (χ0v) is 24.2. The molecule has 1 aromatic carbocycles. The number of hydrogen-bond acceptors (Lipinski definition) is 9. The van der Waals surface area contributed by atoms with Gasteiger partial charge in [-0.25, -0.2) is 4.79 Å². The van der Waals surface area contributed by atoms with Crippen LogP contribution in [0.25, 0.3) is 12.2 Å². The molecule has 1 aliphatic carbocycles. The number of ketones is 1. The monoisotopic (exact) mass is 598 g/mol. The number of benzene rings is 1. The van der Waals surface area contributed by atoms with Gasteiger partial charge in [-0.15, -0.1) is 0 Å². The smallest absolute Gasteiger partial charge is 0.372 e. The topological polar surface area (TPSA) is 172 Å². The standard InChI is InChI=1S/C31H34O10S/c1-3-7-21-24(14-13-19(17(2)32)28(21)36)40-15-5-4-8-20(23(33)9-6-10-26(34)35)27-29(37)22-12-11-18(42)16-25(22)41-30(27)31(38)39/h4,8,12-14,16,20,23,33,36H,3,5-7,9-11,15H2,1-2H3,(H,34,35)(H,38,39)/b8-4-. The summed E-state index contributed by atoms with van der Waals surface area (Å²) in [6, 6.07) is 3.12. The van der Waals surface area contributed by atoms with E-state index < -0.39 is 35.1 Å². The number of aliphatic carboxylic acids is 1. The van der Waals surface area contributed by atoms with Crippen molar-refractivity contribution in [2.45, 2.75) is 70.8 Å². The summed E-state index contributed by atoms with van der Waals surface area (Å²) in [4.78, 5) is 49.0. The van der Waals surface area contributed by atoms with E-state index in [-0.39, 0.29) is 65.6 Å². The summed E-state index contributed by atoms with van der Waals surface area (Å²) in [5.41, 5.74) is -0.0863. The number of hydrogen-bond donors (Lipinski definition) is 4. The summed E-state index contributed by atoms with van der Waals surface area (Å²) in [6.45, 7) is 3.44. The summed E-state index contributed by atoms with van der Waals surface area (Å²) in [7, 11) is 0. The van der Waals surface area contributed by atoms with E-state index >= 15 is 0 Å². The molecule has 224 valence electrons. The van der Waals surface area contributed by atoms with Crippen LogP contribution in [0.3, 0.4) is 0 Å². The Morgan fingerprint density at radius 2 is 1.95 bits per heavy atom. The highest BCUT2D eigenvalue weighted by molar-refractivity contribution is 7.81. The number of phenolic OH excluding ortho intramolecular Hbond substituents is 1. The molecule has 0 amide bonds. The Balaban J connectivity index is 1.92.